The average Bonchev–Trinajstić information content (AvgIpc) is 2.74. The lowest BCUT2D eigenvalue weighted by Crippen LogP contribution is -2.34. The molecule has 1 atom stereocenters. The van der Waals surface area contributed by atoms with E-state index in [0.29, 0.717) is 36.6 Å². The molecule has 1 amide bonds. The molecule has 10 heteroatoms. The van der Waals surface area contributed by atoms with Gasteiger partial charge in [-0.2, -0.15) is 0 Å². The van der Waals surface area contributed by atoms with E-state index in [1.807, 2.05) is 6.92 Å². The maximum absolute atomic E-state index is 12.3. The Morgan fingerprint density at radius 2 is 1.71 bits per heavy atom. The number of sulfonamides is 1. The van der Waals surface area contributed by atoms with Crippen molar-refractivity contribution in [2.45, 2.75) is 31.2 Å². The Labute approximate surface area is 188 Å². The number of benzene rings is 2. The summed E-state index contributed by atoms with van der Waals surface area (Å²) < 4.78 is 37.6. The van der Waals surface area contributed by atoms with Crippen LogP contribution < -0.4 is 20.1 Å². The van der Waals surface area contributed by atoms with Crippen LogP contribution in [0.4, 0.5) is 5.69 Å². The third-order valence-electron chi connectivity index (χ3n) is 4.29. The Kier molecular flexibility index (Phi) is 9.38. The summed E-state index contributed by atoms with van der Waals surface area (Å²) in [6.07, 6.45) is 0.691. The highest BCUT2D eigenvalue weighted by Gasteiger charge is 2.16. The van der Waals surface area contributed by atoms with Crippen LogP contribution in [0.1, 0.15) is 30.6 Å². The van der Waals surface area contributed by atoms with Crippen molar-refractivity contribution in [1.29, 1.82) is 0 Å². The Morgan fingerprint density at radius 1 is 1.06 bits per heavy atom. The van der Waals surface area contributed by atoms with E-state index in [1.54, 1.807) is 50.4 Å². The largest absolute Gasteiger partial charge is 0.491 e. The first-order valence-electron chi connectivity index (χ1n) is 9.71. The van der Waals surface area contributed by atoms with E-state index in [2.05, 4.69) is 15.4 Å². The fraction of sp³-hybridized carbons (Fsp3) is 0.333. The number of hydrogen-bond acceptors (Lipinski definition) is 6. The molecule has 0 aromatic heterocycles. The quantitative estimate of drug-likeness (QED) is 0.366. The molecule has 3 N–H and O–H groups in total. The van der Waals surface area contributed by atoms with E-state index in [1.165, 1.54) is 12.1 Å². The zero-order valence-corrected chi connectivity index (χ0v) is 19.3. The maximum atomic E-state index is 12.3. The van der Waals surface area contributed by atoms with Crippen molar-refractivity contribution in [1.82, 2.24) is 10.0 Å². The summed E-state index contributed by atoms with van der Waals surface area (Å²) in [6.45, 7) is 4.60. The number of amides is 1. The van der Waals surface area contributed by atoms with Gasteiger partial charge in [0.25, 0.3) is 5.91 Å². The van der Waals surface area contributed by atoms with Crippen LogP contribution in [0.15, 0.2) is 53.4 Å². The van der Waals surface area contributed by atoms with Crippen molar-refractivity contribution in [2.24, 2.45) is 0 Å². The number of thiocarbonyl (C=S) groups is 1. The van der Waals surface area contributed by atoms with Gasteiger partial charge in [0.15, 0.2) is 5.11 Å². The fourth-order valence-corrected chi connectivity index (χ4v) is 3.95. The molecule has 2 rings (SSSR count). The molecule has 0 saturated carbocycles. The van der Waals surface area contributed by atoms with E-state index in [-0.39, 0.29) is 22.0 Å². The van der Waals surface area contributed by atoms with E-state index in [4.69, 9.17) is 21.7 Å². The van der Waals surface area contributed by atoms with Crippen LogP contribution >= 0.6 is 12.2 Å². The first kappa shape index (κ1) is 24.7. The first-order chi connectivity index (χ1) is 14.7. The average molecular weight is 466 g/mol. The summed E-state index contributed by atoms with van der Waals surface area (Å²) in [7, 11) is -1.99. The zero-order valence-electron chi connectivity index (χ0n) is 17.7. The van der Waals surface area contributed by atoms with Crippen LogP contribution in [-0.2, 0) is 14.8 Å². The van der Waals surface area contributed by atoms with Crippen molar-refractivity contribution in [3.63, 3.8) is 0 Å². The lowest BCUT2D eigenvalue weighted by atomic mass is 10.2. The van der Waals surface area contributed by atoms with Crippen LogP contribution in [0.5, 0.6) is 5.75 Å². The van der Waals surface area contributed by atoms with Gasteiger partial charge in [-0.15, -0.1) is 0 Å². The molecule has 0 saturated heterocycles. The number of nitrogens with one attached hydrogen (secondary N) is 3. The van der Waals surface area contributed by atoms with Crippen LogP contribution in [0, 0.1) is 0 Å². The summed E-state index contributed by atoms with van der Waals surface area (Å²) in [5, 5.41) is 5.55. The highest BCUT2D eigenvalue weighted by molar-refractivity contribution is 7.89. The minimum atomic E-state index is -3.58. The number of carbonyl (C=O) groups excluding carboxylic acids is 1. The topological polar surface area (TPSA) is 106 Å². The lowest BCUT2D eigenvalue weighted by molar-refractivity contribution is 0.0977. The van der Waals surface area contributed by atoms with Gasteiger partial charge in [-0.1, -0.05) is 6.92 Å². The molecule has 0 fully saturated rings. The van der Waals surface area contributed by atoms with Crippen molar-refractivity contribution in [3.05, 3.63) is 54.1 Å². The van der Waals surface area contributed by atoms with Gasteiger partial charge in [0.1, 0.15) is 12.4 Å². The predicted octanol–water partition coefficient (Wildman–Crippen LogP) is 2.92. The molecule has 0 spiro atoms. The molecule has 0 aliphatic heterocycles. The third kappa shape index (κ3) is 7.91. The van der Waals surface area contributed by atoms with Gasteiger partial charge < -0.3 is 14.8 Å². The monoisotopic (exact) mass is 465 g/mol. The number of carbonyl (C=O) groups is 1. The van der Waals surface area contributed by atoms with Gasteiger partial charge in [-0.05, 0) is 74.1 Å². The van der Waals surface area contributed by atoms with E-state index >= 15 is 0 Å². The summed E-state index contributed by atoms with van der Waals surface area (Å²) in [5.41, 5.74) is 0.968. The van der Waals surface area contributed by atoms with Gasteiger partial charge in [-0.3, -0.25) is 10.1 Å². The van der Waals surface area contributed by atoms with Gasteiger partial charge in [0.05, 0.1) is 11.5 Å². The standard InChI is InChI=1S/C21H27N3O5S2/c1-4-15(2)24-31(26,27)19-11-7-17(8-12-19)22-21(30)23-20(25)16-5-9-18(10-6-16)29-14-13-28-3/h5-12,15,24H,4,13-14H2,1-3H3,(H2,22,23,25,30). The molecule has 1 unspecified atom stereocenters. The molecular weight excluding hydrogens is 438 g/mol. The molecular formula is C21H27N3O5S2. The van der Waals surface area contributed by atoms with Gasteiger partial charge >= 0.3 is 0 Å². The molecule has 31 heavy (non-hydrogen) atoms. The smallest absolute Gasteiger partial charge is 0.257 e. The van der Waals surface area contributed by atoms with E-state index in [9.17, 15) is 13.2 Å². The predicted molar refractivity (Wildman–Crippen MR) is 124 cm³/mol. The molecule has 0 aliphatic carbocycles. The molecule has 8 nitrogen and oxygen atoms in total. The normalized spacial score (nSPS) is 12.1. The molecule has 168 valence electrons. The number of methoxy groups -OCH3 is 1. The van der Waals surface area contributed by atoms with Crippen molar-refractivity contribution in [3.8, 4) is 5.75 Å². The van der Waals surface area contributed by atoms with Gasteiger partial charge in [-0.25, -0.2) is 13.1 Å². The molecule has 2 aromatic rings. The molecule has 0 aliphatic rings. The summed E-state index contributed by atoms with van der Waals surface area (Å²) >= 11 is 5.18. The van der Waals surface area contributed by atoms with Crippen molar-refractivity contribution < 1.29 is 22.7 Å². The SMILES string of the molecule is CCC(C)NS(=O)(=O)c1ccc(NC(=S)NC(=O)c2ccc(OCCOC)cc2)cc1. The first-order valence-corrected chi connectivity index (χ1v) is 11.6. The Balaban J connectivity index is 1.91. The minimum Gasteiger partial charge on any atom is -0.491 e. The fourth-order valence-electron chi connectivity index (χ4n) is 2.42. The number of rotatable bonds is 10. The third-order valence-corrected chi connectivity index (χ3v) is 6.10. The highest BCUT2D eigenvalue weighted by Crippen LogP contribution is 2.15. The summed E-state index contributed by atoms with van der Waals surface area (Å²) in [5.74, 6) is 0.255. The number of ether oxygens (including phenoxy) is 2. The van der Waals surface area contributed by atoms with Crippen molar-refractivity contribution in [2.75, 3.05) is 25.6 Å². The van der Waals surface area contributed by atoms with Crippen molar-refractivity contribution >= 4 is 38.9 Å². The summed E-state index contributed by atoms with van der Waals surface area (Å²) in [4.78, 5) is 12.5. The van der Waals surface area contributed by atoms with Crippen LogP contribution in [0.25, 0.3) is 0 Å². The van der Waals surface area contributed by atoms with E-state index in [0.717, 1.165) is 0 Å². The number of anilines is 1. The minimum absolute atomic E-state index is 0.0961. The zero-order chi connectivity index (χ0) is 22.9. The van der Waals surface area contributed by atoms with Crippen LogP contribution in [-0.4, -0.2) is 45.8 Å². The van der Waals surface area contributed by atoms with Gasteiger partial charge in [0.2, 0.25) is 10.0 Å². The second-order valence-electron chi connectivity index (χ2n) is 6.73. The molecule has 0 heterocycles. The maximum Gasteiger partial charge on any atom is 0.257 e. The Morgan fingerprint density at radius 3 is 2.29 bits per heavy atom. The van der Waals surface area contributed by atoms with Crippen LogP contribution in [0.2, 0.25) is 0 Å². The Bertz CT molecular complexity index is 977. The van der Waals surface area contributed by atoms with Gasteiger partial charge in [0, 0.05) is 24.4 Å². The highest BCUT2D eigenvalue weighted by atomic mass is 32.2. The second kappa shape index (κ2) is 11.8. The van der Waals surface area contributed by atoms with Crippen LogP contribution in [0.3, 0.4) is 0 Å². The number of hydrogen-bond donors (Lipinski definition) is 3. The summed E-state index contributed by atoms with van der Waals surface area (Å²) in [6, 6.07) is 12.6. The lowest BCUT2D eigenvalue weighted by Gasteiger charge is -2.13. The molecule has 2 aromatic carbocycles. The van der Waals surface area contributed by atoms with E-state index < -0.39 is 10.0 Å². The second-order valence-corrected chi connectivity index (χ2v) is 8.85. The molecule has 0 bridgehead atoms. The molecule has 0 radical (unpaired) electrons. The Hall–Kier alpha value is -2.53.